The van der Waals surface area contributed by atoms with Crippen LogP contribution in [-0.4, -0.2) is 160 Å². The van der Waals surface area contributed by atoms with Gasteiger partial charge in [0.2, 0.25) is 17.7 Å². The molecule has 0 aliphatic carbocycles. The highest BCUT2D eigenvalue weighted by Gasteiger charge is 2.52. The van der Waals surface area contributed by atoms with Gasteiger partial charge in [0.1, 0.15) is 54.5 Å². The van der Waals surface area contributed by atoms with Crippen molar-refractivity contribution in [1.82, 2.24) is 40.3 Å². The van der Waals surface area contributed by atoms with Crippen LogP contribution < -0.4 is 25.6 Å². The predicted octanol–water partition coefficient (Wildman–Crippen LogP) is 4.42. The van der Waals surface area contributed by atoms with Crippen LogP contribution >= 0.6 is 0 Å². The number of amides is 6. The van der Waals surface area contributed by atoms with Crippen LogP contribution in [0.1, 0.15) is 71.2 Å². The maximum atomic E-state index is 17.2. The summed E-state index contributed by atoms with van der Waals surface area (Å²) < 4.78 is 50.2. The summed E-state index contributed by atoms with van der Waals surface area (Å²) in [7, 11) is 1.54. The fraction of sp³-hybridized carbons (Fsp3) is 0.389. The van der Waals surface area contributed by atoms with Crippen LogP contribution in [0.5, 0.6) is 11.8 Å². The maximum absolute atomic E-state index is 17.2. The third-order valence-electron chi connectivity index (χ3n) is 15.3. The van der Waals surface area contributed by atoms with Crippen molar-refractivity contribution in [1.29, 1.82) is 0 Å². The maximum Gasteiger partial charge on any atom is 0.409 e. The lowest BCUT2D eigenvalue weighted by atomic mass is 9.94. The largest absolute Gasteiger partial charge is 0.508 e. The number of carbonyl (C=O) groups is 6. The molecule has 0 spiro atoms. The number of terminal acetylenes is 1. The van der Waals surface area contributed by atoms with Gasteiger partial charge >= 0.3 is 12.1 Å². The third-order valence-corrected chi connectivity index (χ3v) is 15.3. The molecule has 5 saturated heterocycles. The van der Waals surface area contributed by atoms with Crippen LogP contribution in [0.3, 0.4) is 0 Å². The second-order valence-corrected chi connectivity index (χ2v) is 20.3. The second kappa shape index (κ2) is 19.9. The third kappa shape index (κ3) is 9.17. The Morgan fingerprint density at radius 2 is 1.80 bits per heavy atom. The number of piperazine rings is 1. The Morgan fingerprint density at radius 1 is 1.01 bits per heavy atom. The second-order valence-electron chi connectivity index (χ2n) is 20.3. The number of nitrogens with one attached hydrogen (secondary N) is 3. The van der Waals surface area contributed by atoms with Gasteiger partial charge in [0.05, 0.1) is 34.2 Å². The van der Waals surface area contributed by atoms with Crippen molar-refractivity contribution >= 4 is 68.8 Å². The lowest BCUT2D eigenvalue weighted by molar-refractivity contribution is -0.136. The summed E-state index contributed by atoms with van der Waals surface area (Å²) in [5, 5.41) is 20.1. The van der Waals surface area contributed by atoms with E-state index in [0.717, 1.165) is 23.3 Å². The highest BCUT2D eigenvalue weighted by Crippen LogP contribution is 2.45. The van der Waals surface area contributed by atoms with Gasteiger partial charge in [-0.05, 0) is 80.3 Å². The number of imide groups is 2. The summed E-state index contributed by atoms with van der Waals surface area (Å²) in [4.78, 5) is 96.8. The number of pyridine rings is 1. The number of nitrogens with zero attached hydrogens (tertiary/aromatic N) is 7. The summed E-state index contributed by atoms with van der Waals surface area (Å²) in [5.41, 5.74) is 0.467. The van der Waals surface area contributed by atoms with Gasteiger partial charge in [-0.3, -0.25) is 44.1 Å². The van der Waals surface area contributed by atoms with Gasteiger partial charge in [0.15, 0.2) is 5.82 Å². The number of rotatable bonds is 14. The Morgan fingerprint density at radius 3 is 2.58 bits per heavy atom. The molecule has 76 heavy (non-hydrogen) atoms. The number of ether oxygens (including phenoxy) is 3. The first-order valence-corrected chi connectivity index (χ1v) is 25.0. The fourth-order valence-corrected chi connectivity index (χ4v) is 11.7. The van der Waals surface area contributed by atoms with E-state index in [1.54, 1.807) is 7.05 Å². The van der Waals surface area contributed by atoms with Gasteiger partial charge in [-0.15, -0.1) is 6.42 Å². The molecule has 3 unspecified atom stereocenters. The Bertz CT molecular complexity index is 3360. The molecule has 392 valence electrons. The molecule has 5 fully saturated rings. The van der Waals surface area contributed by atoms with Gasteiger partial charge in [0, 0.05) is 80.6 Å². The number of hydrogen-bond donors (Lipinski definition) is 4. The summed E-state index contributed by atoms with van der Waals surface area (Å²) in [6.45, 7) is 5.95. The Balaban J connectivity index is 0.720. The van der Waals surface area contributed by atoms with Crippen LogP contribution in [0.2, 0.25) is 0 Å². The van der Waals surface area contributed by atoms with E-state index < -0.39 is 58.8 Å². The van der Waals surface area contributed by atoms with E-state index in [4.69, 9.17) is 25.6 Å². The van der Waals surface area contributed by atoms with Crippen molar-refractivity contribution in [3.63, 3.8) is 0 Å². The first kappa shape index (κ1) is 50.0. The zero-order valence-corrected chi connectivity index (χ0v) is 41.3. The Kier molecular flexibility index (Phi) is 13.1. The minimum Gasteiger partial charge on any atom is -0.508 e. The highest BCUT2D eigenvalue weighted by atomic mass is 19.1. The van der Waals surface area contributed by atoms with Crippen LogP contribution in [0, 0.1) is 24.0 Å². The molecular formula is C54H52F2N10O10. The van der Waals surface area contributed by atoms with Gasteiger partial charge in [-0.2, -0.15) is 9.97 Å². The zero-order valence-electron chi connectivity index (χ0n) is 41.3. The number of anilines is 2. The van der Waals surface area contributed by atoms with Crippen LogP contribution in [0.25, 0.3) is 32.9 Å². The molecule has 4 N–H and O–H groups in total. The number of aromatic nitrogens is 3. The Hall–Kier alpha value is -8.13. The smallest absolute Gasteiger partial charge is 0.409 e. The lowest BCUT2D eigenvalue weighted by Gasteiger charge is -2.35. The van der Waals surface area contributed by atoms with Gasteiger partial charge < -0.3 is 39.8 Å². The van der Waals surface area contributed by atoms with E-state index in [9.17, 15) is 33.9 Å². The molecule has 2 aromatic heterocycles. The number of piperidine rings is 1. The number of halogens is 2. The standard InChI is InChI=1S/C54H52F2N10O10/c1-4-35-40(55)10-5-29-17-34(67)19-38(44(29)35)46-45(56)47-39(21-57-46)48(64-23-31-6-7-32(24-64)58-31)62-52(61-47)76-27-54-14-13-33(65(54)22-28(2)20-54)25-75-53(73)63(3)15-16-74-26-43(69)59-30-8-9-36-37(18-30)51(72)66(50(36)71)41-11-12-42(68)60-49(41)70/h1,5,8-10,17-19,21,31-33,41,58,67H,2,6-7,11-16,20,22-27H2,3H3,(H,59,69)(H,60,68,70)/t31?,32?,33-,41?,54-/m0/s1. The Labute approximate surface area is 433 Å². The molecule has 6 aliphatic rings. The summed E-state index contributed by atoms with van der Waals surface area (Å²) >= 11 is 0. The minimum absolute atomic E-state index is 0.0107. The quantitative estimate of drug-likeness (QED) is 0.0521. The lowest BCUT2D eigenvalue weighted by Crippen LogP contribution is -2.54. The molecule has 5 atom stereocenters. The molecule has 3 aromatic carbocycles. The van der Waals surface area contributed by atoms with E-state index >= 15 is 8.78 Å². The summed E-state index contributed by atoms with van der Waals surface area (Å²) in [5.74, 6) is -1.99. The number of aromatic hydroxyl groups is 1. The average Bonchev–Trinajstić information content (AvgIpc) is 4.12. The van der Waals surface area contributed by atoms with Crippen LogP contribution in [0.15, 0.2) is 60.8 Å². The number of fused-ring (bicyclic) bond motifs is 6. The molecule has 6 amide bonds. The van der Waals surface area contributed by atoms with Crippen molar-refractivity contribution in [3.05, 3.63) is 89.1 Å². The molecular weight excluding hydrogens is 987 g/mol. The van der Waals surface area contributed by atoms with Crippen LogP contribution in [-0.2, 0) is 23.9 Å². The number of phenolic OH excluding ortho intramolecular Hbond substituents is 1. The average molecular weight is 1040 g/mol. The van der Waals surface area contributed by atoms with Gasteiger partial charge in [0.25, 0.3) is 11.8 Å². The van der Waals surface area contributed by atoms with Crippen molar-refractivity contribution < 1.29 is 56.9 Å². The van der Waals surface area contributed by atoms with Crippen molar-refractivity contribution in [3.8, 4) is 35.4 Å². The zero-order chi connectivity index (χ0) is 53.2. The SMILES string of the molecule is C#Cc1c(F)ccc2cc(O)cc(-c3ncc4c(N5CC6CCC(C5)N6)nc(OC[C@@]56CC[C@@H](COC(=O)N(C)CCOCC(=O)Nc7ccc8c(c7)C(=O)N(C7CCC(=O)NC7=O)C8=O)N5CC(=C)C6)nc4c3F)c12. The number of carbonyl (C=O) groups excluding carboxylic acids is 6. The molecule has 2 bridgehead atoms. The fourth-order valence-electron chi connectivity index (χ4n) is 11.7. The normalized spacial score (nSPS) is 23.0. The monoisotopic (exact) mass is 1040 g/mol. The summed E-state index contributed by atoms with van der Waals surface area (Å²) in [6, 6.07) is 8.63. The van der Waals surface area contributed by atoms with E-state index in [1.165, 1.54) is 53.6 Å². The van der Waals surface area contributed by atoms with Gasteiger partial charge in [-0.1, -0.05) is 24.1 Å². The molecule has 0 saturated carbocycles. The van der Waals surface area contributed by atoms with E-state index in [1.807, 2.05) is 0 Å². The minimum atomic E-state index is -1.12. The highest BCUT2D eigenvalue weighted by molar-refractivity contribution is 6.24. The van der Waals surface area contributed by atoms with Crippen molar-refractivity contribution in [2.75, 3.05) is 69.9 Å². The molecule has 11 rings (SSSR count). The number of hydrogen-bond acceptors (Lipinski definition) is 16. The van der Waals surface area contributed by atoms with E-state index in [-0.39, 0.29) is 120 Å². The molecule has 6 aliphatic heterocycles. The van der Waals surface area contributed by atoms with Gasteiger partial charge in [-0.25, -0.2) is 13.6 Å². The molecule has 5 aromatic rings. The first-order chi connectivity index (χ1) is 36.6. The molecule has 8 heterocycles. The molecule has 20 nitrogen and oxygen atoms in total. The van der Waals surface area contributed by atoms with Crippen LogP contribution in [0.4, 0.5) is 25.1 Å². The van der Waals surface area contributed by atoms with E-state index in [2.05, 4.69) is 48.2 Å². The molecule has 22 heteroatoms. The number of benzene rings is 3. The first-order valence-electron chi connectivity index (χ1n) is 25.0. The molecule has 0 radical (unpaired) electrons. The van der Waals surface area contributed by atoms with Crippen molar-refractivity contribution in [2.45, 2.75) is 74.7 Å². The number of likely N-dealkylation sites (N-methyl/N-ethyl adjacent to an activating group) is 1. The predicted molar refractivity (Wildman–Crippen MR) is 270 cm³/mol. The van der Waals surface area contributed by atoms with E-state index in [0.29, 0.717) is 55.5 Å². The summed E-state index contributed by atoms with van der Waals surface area (Å²) in [6.07, 6.45) is 10.6. The number of phenols is 1. The van der Waals surface area contributed by atoms with Crippen molar-refractivity contribution in [2.24, 2.45) is 0 Å². The topological polar surface area (TPSA) is 238 Å².